The van der Waals surface area contributed by atoms with Crippen molar-refractivity contribution in [1.82, 2.24) is 9.71 Å². The fourth-order valence-electron chi connectivity index (χ4n) is 1.40. The second-order valence-electron chi connectivity index (χ2n) is 3.60. The molecule has 1 heterocycles. The Bertz CT molecular complexity index is 654. The van der Waals surface area contributed by atoms with Crippen molar-refractivity contribution < 1.29 is 8.42 Å². The smallest absolute Gasteiger partial charge is 0.240 e. The van der Waals surface area contributed by atoms with Crippen molar-refractivity contribution in [2.45, 2.75) is 21.1 Å². The molecule has 0 atom stereocenters. The highest BCUT2D eigenvalue weighted by Gasteiger charge is 2.15. The van der Waals surface area contributed by atoms with Gasteiger partial charge in [0.25, 0.3) is 0 Å². The van der Waals surface area contributed by atoms with Gasteiger partial charge in [-0.15, -0.1) is 11.3 Å². The molecule has 19 heavy (non-hydrogen) atoms. The predicted molar refractivity (Wildman–Crippen MR) is 78.0 cm³/mol. The first kappa shape index (κ1) is 14.3. The molecule has 0 aliphatic carbocycles. The van der Waals surface area contributed by atoms with Gasteiger partial charge in [-0.25, -0.2) is 18.1 Å². The minimum atomic E-state index is -3.46. The van der Waals surface area contributed by atoms with E-state index in [0.29, 0.717) is 17.1 Å². The van der Waals surface area contributed by atoms with E-state index < -0.39 is 10.0 Å². The van der Waals surface area contributed by atoms with Crippen molar-refractivity contribution in [3.05, 3.63) is 29.8 Å². The number of hydrogen-bond acceptors (Lipinski definition) is 6. The number of benzene rings is 1. The van der Waals surface area contributed by atoms with Gasteiger partial charge in [-0.3, -0.25) is 0 Å². The van der Waals surface area contributed by atoms with Crippen LogP contribution in [0.4, 0.5) is 5.69 Å². The van der Waals surface area contributed by atoms with E-state index in [9.17, 15) is 8.42 Å². The average Bonchev–Trinajstić information content (AvgIpc) is 2.84. The molecule has 1 aromatic heterocycles. The molecule has 0 aliphatic heterocycles. The first-order valence-corrected chi connectivity index (χ1v) is 8.67. The molecule has 0 aliphatic rings. The van der Waals surface area contributed by atoms with E-state index in [0.717, 1.165) is 4.34 Å². The van der Waals surface area contributed by atoms with Gasteiger partial charge in [-0.1, -0.05) is 18.7 Å². The maximum atomic E-state index is 11.9. The molecule has 2 aromatic rings. The van der Waals surface area contributed by atoms with Gasteiger partial charge in [-0.05, 0) is 18.2 Å². The van der Waals surface area contributed by atoms with E-state index in [2.05, 4.69) is 9.71 Å². The molecule has 3 N–H and O–H groups in total. The van der Waals surface area contributed by atoms with Crippen LogP contribution in [0.2, 0.25) is 0 Å². The lowest BCUT2D eigenvalue weighted by atomic mass is 10.3. The van der Waals surface area contributed by atoms with Crippen molar-refractivity contribution in [3.63, 3.8) is 0 Å². The number of thiazole rings is 1. The standard InChI is InChI=1S/C11H13N3O2S3/c1-2-14-19(15,16)8-3-4-9(12)10(7-8)18-11-13-5-6-17-11/h3-7,14H,2,12H2,1H3. The van der Waals surface area contributed by atoms with E-state index in [4.69, 9.17) is 5.73 Å². The lowest BCUT2D eigenvalue weighted by molar-refractivity contribution is 0.583. The number of sulfonamides is 1. The molecule has 0 unspecified atom stereocenters. The average molecular weight is 315 g/mol. The maximum Gasteiger partial charge on any atom is 0.240 e. The molecular formula is C11H13N3O2S3. The van der Waals surface area contributed by atoms with Crippen LogP contribution in [-0.2, 0) is 10.0 Å². The van der Waals surface area contributed by atoms with Crippen LogP contribution >= 0.6 is 23.1 Å². The summed E-state index contributed by atoms with van der Waals surface area (Å²) in [6.45, 7) is 2.09. The van der Waals surface area contributed by atoms with E-state index in [1.165, 1.54) is 29.2 Å². The van der Waals surface area contributed by atoms with Crippen molar-refractivity contribution in [2.24, 2.45) is 0 Å². The summed E-state index contributed by atoms with van der Waals surface area (Å²) < 4.78 is 27.1. The van der Waals surface area contributed by atoms with Gasteiger partial charge < -0.3 is 5.73 Å². The number of nitrogens with one attached hydrogen (secondary N) is 1. The summed E-state index contributed by atoms with van der Waals surface area (Å²) in [6, 6.07) is 4.67. The van der Waals surface area contributed by atoms with E-state index in [1.54, 1.807) is 25.3 Å². The maximum absolute atomic E-state index is 11.9. The number of nitrogen functional groups attached to an aromatic ring is 1. The van der Waals surface area contributed by atoms with Gasteiger partial charge in [0, 0.05) is 28.7 Å². The zero-order valence-corrected chi connectivity index (χ0v) is 12.6. The van der Waals surface area contributed by atoms with Gasteiger partial charge in [0.05, 0.1) is 4.90 Å². The molecular weight excluding hydrogens is 302 g/mol. The highest BCUT2D eigenvalue weighted by molar-refractivity contribution is 8.01. The molecule has 0 spiro atoms. The summed E-state index contributed by atoms with van der Waals surface area (Å²) >= 11 is 2.84. The summed E-state index contributed by atoms with van der Waals surface area (Å²) in [7, 11) is -3.46. The van der Waals surface area contributed by atoms with Crippen LogP contribution < -0.4 is 10.5 Å². The Balaban J connectivity index is 2.35. The Kier molecular flexibility index (Phi) is 4.46. The van der Waals surface area contributed by atoms with E-state index in [-0.39, 0.29) is 4.90 Å². The van der Waals surface area contributed by atoms with Crippen LogP contribution in [0.25, 0.3) is 0 Å². The molecule has 2 rings (SSSR count). The lowest BCUT2D eigenvalue weighted by Crippen LogP contribution is -2.23. The molecule has 0 saturated carbocycles. The molecule has 0 bridgehead atoms. The highest BCUT2D eigenvalue weighted by atomic mass is 32.2. The molecule has 102 valence electrons. The fourth-order valence-corrected chi connectivity index (χ4v) is 4.20. The summed E-state index contributed by atoms with van der Waals surface area (Å²) in [4.78, 5) is 5.04. The SMILES string of the molecule is CCNS(=O)(=O)c1ccc(N)c(Sc2nccs2)c1. The first-order valence-electron chi connectivity index (χ1n) is 5.49. The molecule has 0 fully saturated rings. The van der Waals surface area contributed by atoms with Crippen molar-refractivity contribution in [2.75, 3.05) is 12.3 Å². The second kappa shape index (κ2) is 5.91. The van der Waals surface area contributed by atoms with Crippen LogP contribution in [-0.4, -0.2) is 19.9 Å². The third-order valence-corrected chi connectivity index (χ3v) is 5.74. The summed E-state index contributed by atoms with van der Waals surface area (Å²) in [5, 5.41) is 1.86. The van der Waals surface area contributed by atoms with Gasteiger partial charge in [0.2, 0.25) is 10.0 Å². The topological polar surface area (TPSA) is 85.1 Å². The zero-order chi connectivity index (χ0) is 13.9. The molecule has 5 nitrogen and oxygen atoms in total. The van der Waals surface area contributed by atoms with Crippen LogP contribution in [0.3, 0.4) is 0 Å². The quantitative estimate of drug-likeness (QED) is 0.826. The van der Waals surface area contributed by atoms with Gasteiger partial charge >= 0.3 is 0 Å². The minimum Gasteiger partial charge on any atom is -0.398 e. The lowest BCUT2D eigenvalue weighted by Gasteiger charge is -2.08. The van der Waals surface area contributed by atoms with Crippen molar-refractivity contribution in [3.8, 4) is 0 Å². The number of nitrogens with zero attached hydrogens (tertiary/aromatic N) is 1. The Hall–Kier alpha value is -1.09. The Labute approximate surface area is 120 Å². The number of hydrogen-bond donors (Lipinski definition) is 2. The number of nitrogens with two attached hydrogens (primary N) is 1. The fraction of sp³-hybridized carbons (Fsp3) is 0.182. The molecule has 8 heteroatoms. The predicted octanol–water partition coefficient (Wildman–Crippen LogP) is 2.17. The number of rotatable bonds is 5. The monoisotopic (exact) mass is 315 g/mol. The highest BCUT2D eigenvalue weighted by Crippen LogP contribution is 2.34. The van der Waals surface area contributed by atoms with Crippen LogP contribution in [0, 0.1) is 0 Å². The molecule has 0 radical (unpaired) electrons. The third-order valence-electron chi connectivity index (χ3n) is 2.24. The van der Waals surface area contributed by atoms with Crippen LogP contribution in [0.5, 0.6) is 0 Å². The molecule has 0 amide bonds. The Morgan fingerprint density at radius 3 is 2.89 bits per heavy atom. The van der Waals surface area contributed by atoms with Crippen molar-refractivity contribution >= 4 is 38.8 Å². The zero-order valence-electron chi connectivity index (χ0n) is 10.2. The molecule has 1 aromatic carbocycles. The van der Waals surface area contributed by atoms with Gasteiger partial charge in [0.15, 0.2) is 4.34 Å². The summed E-state index contributed by atoms with van der Waals surface area (Å²) in [6.07, 6.45) is 1.70. The Morgan fingerprint density at radius 2 is 2.26 bits per heavy atom. The normalized spacial score (nSPS) is 11.6. The third kappa shape index (κ3) is 3.47. The second-order valence-corrected chi connectivity index (χ2v) is 7.55. The number of aromatic nitrogens is 1. The first-order chi connectivity index (χ1) is 9.03. The van der Waals surface area contributed by atoms with Crippen LogP contribution in [0.15, 0.2) is 43.9 Å². The molecule has 0 saturated heterocycles. The van der Waals surface area contributed by atoms with E-state index >= 15 is 0 Å². The van der Waals surface area contributed by atoms with Crippen LogP contribution in [0.1, 0.15) is 6.92 Å². The summed E-state index contributed by atoms with van der Waals surface area (Å²) in [5.41, 5.74) is 6.40. The van der Waals surface area contributed by atoms with Crippen molar-refractivity contribution in [1.29, 1.82) is 0 Å². The number of anilines is 1. The Morgan fingerprint density at radius 1 is 1.47 bits per heavy atom. The minimum absolute atomic E-state index is 0.211. The van der Waals surface area contributed by atoms with E-state index in [1.807, 2.05) is 5.38 Å². The summed E-state index contributed by atoms with van der Waals surface area (Å²) in [5.74, 6) is 0. The van der Waals surface area contributed by atoms with Gasteiger partial charge in [-0.2, -0.15) is 0 Å². The largest absolute Gasteiger partial charge is 0.398 e. The van der Waals surface area contributed by atoms with Gasteiger partial charge in [0.1, 0.15) is 0 Å².